The van der Waals surface area contributed by atoms with E-state index in [2.05, 4.69) is 21.8 Å². The van der Waals surface area contributed by atoms with Gasteiger partial charge in [0.15, 0.2) is 11.5 Å². The highest BCUT2D eigenvalue weighted by Crippen LogP contribution is 2.34. The normalized spacial score (nSPS) is 15.7. The first-order valence-corrected chi connectivity index (χ1v) is 11.5. The van der Waals surface area contributed by atoms with E-state index in [0.717, 1.165) is 19.2 Å². The lowest BCUT2D eigenvalue weighted by molar-refractivity contribution is -0.141. The molecule has 0 aliphatic carbocycles. The molecule has 2 heterocycles. The predicted octanol–water partition coefficient (Wildman–Crippen LogP) is 5.01. The summed E-state index contributed by atoms with van der Waals surface area (Å²) < 4.78 is 74.3. The second kappa shape index (κ2) is 10.6. The Morgan fingerprint density at radius 1 is 1.18 bits per heavy atom. The molecule has 208 valence electrons. The first-order valence-electron chi connectivity index (χ1n) is 11.1. The number of hydrogen-bond donors (Lipinski definition) is 0. The molecule has 9 nitrogen and oxygen atoms in total. The van der Waals surface area contributed by atoms with Crippen LogP contribution in [0, 0.1) is 23.5 Å². The number of aromatic nitrogens is 2. The van der Waals surface area contributed by atoms with E-state index in [4.69, 9.17) is 16.3 Å². The smallest absolute Gasteiger partial charge is 0.433 e. The maximum atomic E-state index is 14.7. The number of carbonyl (C=O) groups is 3. The number of nitrogens with zero attached hydrogens (tertiary/aromatic N) is 5. The number of imide groups is 1. The van der Waals surface area contributed by atoms with Gasteiger partial charge in [-0.05, 0) is 45.7 Å². The van der Waals surface area contributed by atoms with E-state index in [1.165, 1.54) is 27.7 Å². The fourth-order valence-corrected chi connectivity index (χ4v) is 3.66. The molecule has 1 aromatic heterocycles. The minimum Gasteiger partial charge on any atom is -0.443 e. The number of urea groups is 1. The van der Waals surface area contributed by atoms with Gasteiger partial charge in [0.05, 0.1) is 12.2 Å². The summed E-state index contributed by atoms with van der Waals surface area (Å²) in [5.74, 6) is -0.159. The van der Waals surface area contributed by atoms with Crippen molar-refractivity contribution in [2.45, 2.75) is 45.5 Å². The number of amides is 4. The Labute approximate surface area is 224 Å². The molecule has 0 saturated carbocycles. The highest BCUT2D eigenvalue weighted by atomic mass is 35.5. The summed E-state index contributed by atoms with van der Waals surface area (Å²) in [5.41, 5.74) is -3.03. The first-order chi connectivity index (χ1) is 18.0. The van der Waals surface area contributed by atoms with Crippen molar-refractivity contribution in [1.82, 2.24) is 14.9 Å². The van der Waals surface area contributed by atoms with E-state index in [1.54, 1.807) is 0 Å². The van der Waals surface area contributed by atoms with Crippen LogP contribution in [-0.4, -0.2) is 58.1 Å². The Bertz CT molecular complexity index is 1400. The highest BCUT2D eigenvalue weighted by Gasteiger charge is 2.49. The summed E-state index contributed by atoms with van der Waals surface area (Å²) in [5, 5.41) is -0.907. The fourth-order valence-electron chi connectivity index (χ4n) is 3.50. The average molecular weight is 574 g/mol. The van der Waals surface area contributed by atoms with Crippen LogP contribution in [0.15, 0.2) is 18.2 Å². The van der Waals surface area contributed by atoms with Gasteiger partial charge in [0.2, 0.25) is 5.82 Å². The summed E-state index contributed by atoms with van der Waals surface area (Å²) in [6.45, 7) is 5.15. The Morgan fingerprint density at radius 3 is 2.38 bits per heavy atom. The topological polar surface area (TPSA) is 95.9 Å². The molecule has 0 spiro atoms. The highest BCUT2D eigenvalue weighted by molar-refractivity contribution is 6.31. The fraction of sp³-hybridized carbons (Fsp3) is 0.375. The zero-order valence-electron chi connectivity index (χ0n) is 21.2. The number of benzene rings is 1. The second-order valence-corrected chi connectivity index (χ2v) is 9.54. The van der Waals surface area contributed by atoms with Crippen LogP contribution in [0.5, 0.6) is 0 Å². The molecule has 0 N–H and O–H groups in total. The van der Waals surface area contributed by atoms with Crippen molar-refractivity contribution in [2.75, 3.05) is 23.4 Å². The molecule has 1 aliphatic heterocycles. The van der Waals surface area contributed by atoms with Crippen LogP contribution in [0.2, 0.25) is 5.02 Å². The van der Waals surface area contributed by atoms with Gasteiger partial charge in [0.25, 0.3) is 5.91 Å². The van der Waals surface area contributed by atoms with Crippen molar-refractivity contribution in [3.05, 3.63) is 46.4 Å². The zero-order valence-corrected chi connectivity index (χ0v) is 21.9. The molecule has 1 fully saturated rings. The molecule has 0 bridgehead atoms. The maximum Gasteiger partial charge on any atom is 0.433 e. The Hall–Kier alpha value is -3.99. The predicted molar refractivity (Wildman–Crippen MR) is 129 cm³/mol. The van der Waals surface area contributed by atoms with Crippen molar-refractivity contribution >= 4 is 41.1 Å². The van der Waals surface area contributed by atoms with Gasteiger partial charge >= 0.3 is 18.3 Å². The van der Waals surface area contributed by atoms with Crippen molar-refractivity contribution in [3.8, 4) is 11.8 Å². The van der Waals surface area contributed by atoms with E-state index in [-0.39, 0.29) is 0 Å². The van der Waals surface area contributed by atoms with Crippen LogP contribution in [-0.2, 0) is 15.7 Å². The number of ether oxygens (including phenoxy) is 1. The van der Waals surface area contributed by atoms with Gasteiger partial charge in [-0.3, -0.25) is 9.69 Å². The lowest BCUT2D eigenvalue weighted by atomic mass is 10.2. The number of alkyl halides is 3. The number of halogens is 6. The first kappa shape index (κ1) is 29.6. The van der Waals surface area contributed by atoms with E-state index >= 15 is 0 Å². The summed E-state index contributed by atoms with van der Waals surface area (Å²) in [6.07, 6.45) is -6.18. The van der Waals surface area contributed by atoms with Crippen LogP contribution in [0.3, 0.4) is 0 Å². The average Bonchev–Trinajstić information content (AvgIpc) is 3.17. The molecule has 0 radical (unpaired) electrons. The second-order valence-electron chi connectivity index (χ2n) is 9.16. The van der Waals surface area contributed by atoms with E-state index in [0.29, 0.717) is 20.8 Å². The Morgan fingerprint density at radius 2 is 1.82 bits per heavy atom. The van der Waals surface area contributed by atoms with Gasteiger partial charge in [-0.1, -0.05) is 17.5 Å². The number of likely N-dealkylation sites (N-methyl/N-ethyl adjacent to an activating group) is 1. The van der Waals surface area contributed by atoms with Crippen molar-refractivity contribution in [3.63, 3.8) is 0 Å². The van der Waals surface area contributed by atoms with E-state index in [9.17, 15) is 36.3 Å². The molecular formula is C24H21ClF5N5O4. The van der Waals surface area contributed by atoms with Crippen LogP contribution in [0.4, 0.5) is 43.0 Å². The molecule has 15 heteroatoms. The van der Waals surface area contributed by atoms with E-state index < -0.39 is 82.1 Å². The van der Waals surface area contributed by atoms with Gasteiger partial charge in [-0.2, -0.15) is 13.2 Å². The third-order valence-electron chi connectivity index (χ3n) is 5.20. The van der Waals surface area contributed by atoms with Gasteiger partial charge < -0.3 is 9.64 Å². The number of anilines is 2. The Balaban J connectivity index is 2.15. The maximum absolute atomic E-state index is 14.7. The summed E-state index contributed by atoms with van der Waals surface area (Å²) in [6, 6.07) is -0.840. The molecule has 1 saturated heterocycles. The lowest BCUT2D eigenvalue weighted by Gasteiger charge is -2.27. The molecule has 1 atom stereocenters. The zero-order chi connectivity index (χ0) is 29.4. The molecular weight excluding hydrogens is 553 g/mol. The van der Waals surface area contributed by atoms with Crippen molar-refractivity contribution < 1.29 is 41.1 Å². The monoisotopic (exact) mass is 573 g/mol. The minimum absolute atomic E-state index is 0.410. The quantitative estimate of drug-likeness (QED) is 0.291. The summed E-state index contributed by atoms with van der Waals surface area (Å²) in [7, 11) is 1.07. The van der Waals surface area contributed by atoms with Crippen LogP contribution in [0.1, 0.15) is 39.2 Å². The molecule has 1 aliphatic rings. The summed E-state index contributed by atoms with van der Waals surface area (Å²) >= 11 is 5.61. The molecule has 2 aromatic rings. The van der Waals surface area contributed by atoms with Gasteiger partial charge in [-0.15, -0.1) is 0 Å². The van der Waals surface area contributed by atoms with Crippen LogP contribution < -0.4 is 9.80 Å². The third-order valence-corrected chi connectivity index (χ3v) is 5.54. The van der Waals surface area contributed by atoms with Crippen molar-refractivity contribution in [2.24, 2.45) is 0 Å². The van der Waals surface area contributed by atoms with Gasteiger partial charge in [0.1, 0.15) is 28.3 Å². The van der Waals surface area contributed by atoms with Gasteiger partial charge in [-0.25, -0.2) is 33.2 Å². The van der Waals surface area contributed by atoms with E-state index in [1.807, 2.05) is 0 Å². The molecule has 1 aromatic carbocycles. The minimum atomic E-state index is -4.99. The molecule has 3 rings (SSSR count). The number of hydrogen-bond acceptors (Lipinski definition) is 6. The molecule has 39 heavy (non-hydrogen) atoms. The largest absolute Gasteiger partial charge is 0.443 e. The third kappa shape index (κ3) is 6.19. The molecule has 4 amide bonds. The lowest BCUT2D eigenvalue weighted by Crippen LogP contribution is -2.47. The SMILES string of the molecule is CC#Cc1nc(N2C(=O)N(C(=O)OC(C)(C)C)C[C@H]2C(=O)N(C)c2ccc(F)c(Cl)c2F)cc(C(F)(F)F)n1. The Kier molecular flexibility index (Phi) is 8.07. The van der Waals surface area contributed by atoms with Crippen molar-refractivity contribution in [1.29, 1.82) is 0 Å². The number of carbonyl (C=O) groups excluding carboxylic acids is 3. The van der Waals surface area contributed by atoms with Gasteiger partial charge in [0, 0.05) is 13.1 Å². The summed E-state index contributed by atoms with van der Waals surface area (Å²) in [4.78, 5) is 48.6. The standard InChI is InChI=1S/C24H21ClF5N5O4/c1-6-7-16-31-15(24(28,29)30)10-17(32-16)35-14(11-34(21(35)37)22(38)39-23(2,3)4)20(36)33(5)13-9-8-12(26)18(25)19(13)27/h8-10,14H,11H2,1-5H3/t14-/m0/s1. The van der Waals surface area contributed by atoms with Crippen LogP contribution in [0.25, 0.3) is 0 Å². The molecule has 0 unspecified atom stereocenters. The van der Waals surface area contributed by atoms with Crippen LogP contribution >= 0.6 is 11.6 Å². The number of rotatable bonds is 3.